The molecule has 108 valence electrons. The number of aromatic hydroxyl groups is 2. The van der Waals surface area contributed by atoms with Crippen LogP contribution in [0.15, 0.2) is 36.4 Å². The number of phenolic OH excluding ortho intramolecular Hbond substituents is 2. The molecular weight excluding hydrogens is 389 g/mol. The number of carbonyl (C=O) groups excluding carboxylic acids is 1. The molecule has 6 nitrogen and oxygen atoms in total. The van der Waals surface area contributed by atoms with Crippen LogP contribution in [0.4, 0.5) is 5.69 Å². The molecule has 0 fully saturated rings. The number of aromatic carboxylic acids is 1. The Bertz CT molecular complexity index is 729. The quantitative estimate of drug-likeness (QED) is 0.469. The molecule has 0 heterocycles. The maximum atomic E-state index is 12.0. The monoisotopic (exact) mass is 399 g/mol. The smallest absolute Gasteiger partial charge is 0.337 e. The van der Waals surface area contributed by atoms with Crippen molar-refractivity contribution < 1.29 is 24.9 Å². The van der Waals surface area contributed by atoms with Gasteiger partial charge in [-0.15, -0.1) is 0 Å². The highest BCUT2D eigenvalue weighted by Gasteiger charge is 2.15. The average molecular weight is 399 g/mol. The number of phenols is 2. The van der Waals surface area contributed by atoms with Crippen molar-refractivity contribution in [3.8, 4) is 11.5 Å². The van der Waals surface area contributed by atoms with Gasteiger partial charge in [-0.05, 0) is 59.0 Å². The second kappa shape index (κ2) is 6.00. The summed E-state index contributed by atoms with van der Waals surface area (Å²) in [6, 6.07) is 8.18. The van der Waals surface area contributed by atoms with Gasteiger partial charge in [0.2, 0.25) is 0 Å². The van der Waals surface area contributed by atoms with E-state index in [1.54, 1.807) is 6.07 Å². The van der Waals surface area contributed by atoms with E-state index < -0.39 is 17.6 Å². The molecule has 0 saturated carbocycles. The van der Waals surface area contributed by atoms with Gasteiger partial charge in [0.05, 0.1) is 11.3 Å². The maximum Gasteiger partial charge on any atom is 0.337 e. The number of benzene rings is 2. The Morgan fingerprint density at radius 1 is 1.00 bits per heavy atom. The molecule has 0 atom stereocenters. The van der Waals surface area contributed by atoms with Crippen molar-refractivity contribution in [2.45, 2.75) is 0 Å². The summed E-state index contributed by atoms with van der Waals surface area (Å²) in [7, 11) is 0. The Kier molecular flexibility index (Phi) is 4.32. The highest BCUT2D eigenvalue weighted by molar-refractivity contribution is 14.1. The van der Waals surface area contributed by atoms with Gasteiger partial charge in [-0.2, -0.15) is 0 Å². The van der Waals surface area contributed by atoms with Crippen molar-refractivity contribution in [1.82, 2.24) is 0 Å². The van der Waals surface area contributed by atoms with Crippen molar-refractivity contribution in [3.63, 3.8) is 0 Å². The summed E-state index contributed by atoms with van der Waals surface area (Å²) in [5, 5.41) is 30.2. The summed E-state index contributed by atoms with van der Waals surface area (Å²) in [5.41, 5.74) is 0.221. The van der Waals surface area contributed by atoms with Gasteiger partial charge in [0.25, 0.3) is 5.91 Å². The zero-order valence-corrected chi connectivity index (χ0v) is 12.7. The van der Waals surface area contributed by atoms with Gasteiger partial charge in [-0.3, -0.25) is 4.79 Å². The van der Waals surface area contributed by atoms with E-state index in [1.165, 1.54) is 24.3 Å². The van der Waals surface area contributed by atoms with Crippen molar-refractivity contribution in [1.29, 1.82) is 0 Å². The van der Waals surface area contributed by atoms with Crippen LogP contribution >= 0.6 is 22.6 Å². The van der Waals surface area contributed by atoms with Gasteiger partial charge in [0.1, 0.15) is 0 Å². The van der Waals surface area contributed by atoms with E-state index in [9.17, 15) is 19.8 Å². The van der Waals surface area contributed by atoms with Crippen LogP contribution in [0.2, 0.25) is 0 Å². The molecule has 4 N–H and O–H groups in total. The standard InChI is InChI=1S/C14H10INO5/c15-8-2-3-10(9(6-8)14(20)21)16-13(19)7-1-4-11(17)12(18)5-7/h1-6,17-18H,(H,16,19)(H,20,21). The number of hydrogen-bond acceptors (Lipinski definition) is 4. The van der Waals surface area contributed by atoms with Gasteiger partial charge in [0, 0.05) is 9.13 Å². The number of amides is 1. The van der Waals surface area contributed by atoms with Crippen molar-refractivity contribution in [2.24, 2.45) is 0 Å². The lowest BCUT2D eigenvalue weighted by Crippen LogP contribution is -2.14. The fraction of sp³-hybridized carbons (Fsp3) is 0. The van der Waals surface area contributed by atoms with Crippen LogP contribution in [0.3, 0.4) is 0 Å². The molecule has 0 bridgehead atoms. The Balaban J connectivity index is 2.31. The van der Waals surface area contributed by atoms with E-state index >= 15 is 0 Å². The first-order valence-corrected chi connectivity index (χ1v) is 6.82. The number of carboxylic acid groups (broad SMARTS) is 1. The third kappa shape index (κ3) is 3.43. The second-order valence-corrected chi connectivity index (χ2v) is 5.40. The summed E-state index contributed by atoms with van der Waals surface area (Å²) in [4.78, 5) is 23.2. The van der Waals surface area contributed by atoms with Crippen LogP contribution in [0.1, 0.15) is 20.7 Å². The average Bonchev–Trinajstić information content (AvgIpc) is 2.43. The number of hydrogen-bond donors (Lipinski definition) is 4. The molecular formula is C14H10INO5. The summed E-state index contributed by atoms with van der Waals surface area (Å²) in [6.07, 6.45) is 0. The Morgan fingerprint density at radius 2 is 1.71 bits per heavy atom. The SMILES string of the molecule is O=C(Nc1ccc(I)cc1C(=O)O)c1ccc(O)c(O)c1. The predicted octanol–water partition coefficient (Wildman–Crippen LogP) is 2.65. The number of carboxylic acids is 1. The van der Waals surface area contributed by atoms with Gasteiger partial charge < -0.3 is 20.6 Å². The Labute approximate surface area is 133 Å². The molecule has 0 aromatic heterocycles. The normalized spacial score (nSPS) is 10.1. The maximum absolute atomic E-state index is 12.0. The summed E-state index contributed by atoms with van der Waals surface area (Å²) >= 11 is 1.97. The third-order valence-electron chi connectivity index (χ3n) is 2.70. The highest BCUT2D eigenvalue weighted by Crippen LogP contribution is 2.26. The Hall–Kier alpha value is -2.29. The molecule has 0 saturated heterocycles. The van der Waals surface area contributed by atoms with E-state index in [-0.39, 0.29) is 22.6 Å². The first kappa shape index (κ1) is 15.1. The third-order valence-corrected chi connectivity index (χ3v) is 3.37. The number of nitrogens with one attached hydrogen (secondary N) is 1. The summed E-state index contributed by atoms with van der Waals surface area (Å²) < 4.78 is 0.727. The minimum atomic E-state index is -1.16. The highest BCUT2D eigenvalue weighted by atomic mass is 127. The molecule has 0 radical (unpaired) electrons. The summed E-state index contributed by atoms with van der Waals surface area (Å²) in [5.74, 6) is -2.51. The molecule has 0 unspecified atom stereocenters. The molecule has 2 aromatic rings. The molecule has 2 aromatic carbocycles. The second-order valence-electron chi connectivity index (χ2n) is 4.15. The number of rotatable bonds is 3. The van der Waals surface area contributed by atoms with Crippen LogP contribution in [0.5, 0.6) is 11.5 Å². The van der Waals surface area contributed by atoms with E-state index in [1.807, 2.05) is 22.6 Å². The van der Waals surface area contributed by atoms with Crippen LogP contribution in [0, 0.1) is 3.57 Å². The topological polar surface area (TPSA) is 107 Å². The van der Waals surface area contributed by atoms with Gasteiger partial charge in [-0.1, -0.05) is 0 Å². The fourth-order valence-electron chi connectivity index (χ4n) is 1.66. The molecule has 0 aliphatic carbocycles. The first-order valence-electron chi connectivity index (χ1n) is 5.74. The molecule has 1 amide bonds. The van der Waals surface area contributed by atoms with Crippen molar-refractivity contribution in [2.75, 3.05) is 5.32 Å². The molecule has 21 heavy (non-hydrogen) atoms. The van der Waals surface area contributed by atoms with Gasteiger partial charge in [-0.25, -0.2) is 4.79 Å². The van der Waals surface area contributed by atoms with Crippen molar-refractivity contribution >= 4 is 40.2 Å². The lowest BCUT2D eigenvalue weighted by Gasteiger charge is -2.09. The van der Waals surface area contributed by atoms with E-state index in [0.717, 1.165) is 9.64 Å². The van der Waals surface area contributed by atoms with E-state index in [0.29, 0.717) is 0 Å². The lowest BCUT2D eigenvalue weighted by atomic mass is 10.1. The van der Waals surface area contributed by atoms with Gasteiger partial charge in [0.15, 0.2) is 11.5 Å². The zero-order valence-electron chi connectivity index (χ0n) is 10.5. The number of carbonyl (C=O) groups is 2. The molecule has 0 spiro atoms. The van der Waals surface area contributed by atoms with Crippen LogP contribution in [-0.4, -0.2) is 27.2 Å². The van der Waals surface area contributed by atoms with Crippen LogP contribution < -0.4 is 5.32 Å². The fourth-order valence-corrected chi connectivity index (χ4v) is 2.15. The number of halogens is 1. The van der Waals surface area contributed by atoms with E-state index in [4.69, 9.17) is 5.11 Å². The Morgan fingerprint density at radius 3 is 2.33 bits per heavy atom. The van der Waals surface area contributed by atoms with Gasteiger partial charge >= 0.3 is 5.97 Å². The minimum absolute atomic E-state index is 0.0294. The minimum Gasteiger partial charge on any atom is -0.504 e. The molecule has 0 aliphatic rings. The zero-order chi connectivity index (χ0) is 15.6. The van der Waals surface area contributed by atoms with Crippen molar-refractivity contribution in [3.05, 3.63) is 51.1 Å². The molecule has 0 aliphatic heterocycles. The largest absolute Gasteiger partial charge is 0.504 e. The molecule has 2 rings (SSSR count). The molecule has 7 heteroatoms. The predicted molar refractivity (Wildman–Crippen MR) is 83.8 cm³/mol. The van der Waals surface area contributed by atoms with Crippen LogP contribution in [-0.2, 0) is 0 Å². The first-order chi connectivity index (χ1) is 9.88. The van der Waals surface area contributed by atoms with E-state index in [2.05, 4.69) is 5.32 Å². The lowest BCUT2D eigenvalue weighted by molar-refractivity contribution is 0.0698. The van der Waals surface area contributed by atoms with Crippen LogP contribution in [0.25, 0.3) is 0 Å². The number of anilines is 1. The summed E-state index contributed by atoms with van der Waals surface area (Å²) in [6.45, 7) is 0.